The molecule has 1 unspecified atom stereocenters. The molecule has 2 atom stereocenters. The molecule has 0 spiro atoms. The van der Waals surface area contributed by atoms with Gasteiger partial charge in [-0.05, 0) is 18.4 Å². The highest BCUT2D eigenvalue weighted by Crippen LogP contribution is 2.35. The number of ether oxygens (including phenoxy) is 1. The van der Waals surface area contributed by atoms with E-state index in [0.717, 1.165) is 31.2 Å². The zero-order chi connectivity index (χ0) is 12.8. The number of hydrogen-bond donors (Lipinski definition) is 2. The first-order valence-electron chi connectivity index (χ1n) is 6.74. The van der Waals surface area contributed by atoms with Gasteiger partial charge in [-0.15, -0.1) is 0 Å². The molecule has 100 valence electrons. The van der Waals surface area contributed by atoms with E-state index >= 15 is 0 Å². The quantitative estimate of drug-likeness (QED) is 0.842. The van der Waals surface area contributed by atoms with E-state index in [9.17, 15) is 10.2 Å². The molecule has 1 fully saturated rings. The Morgan fingerprint density at radius 1 is 1.22 bits per heavy atom. The Bertz CT molecular complexity index is 348. The van der Waals surface area contributed by atoms with Crippen LogP contribution in [0.2, 0.25) is 0 Å². The van der Waals surface area contributed by atoms with Crippen LogP contribution >= 0.6 is 0 Å². The molecule has 1 aliphatic carbocycles. The molecule has 1 aromatic carbocycles. The Kier molecular flexibility index (Phi) is 4.75. The highest BCUT2D eigenvalue weighted by Gasteiger charge is 2.40. The van der Waals surface area contributed by atoms with Crippen LogP contribution in [-0.4, -0.2) is 28.5 Å². The molecule has 1 aromatic rings. The molecule has 2 N–H and O–H groups in total. The average molecular weight is 250 g/mol. The number of hydrogen-bond acceptors (Lipinski definition) is 3. The highest BCUT2D eigenvalue weighted by molar-refractivity contribution is 5.13. The van der Waals surface area contributed by atoms with E-state index < -0.39 is 11.7 Å². The van der Waals surface area contributed by atoms with E-state index in [0.29, 0.717) is 13.0 Å². The van der Waals surface area contributed by atoms with Crippen molar-refractivity contribution in [2.24, 2.45) is 0 Å². The summed E-state index contributed by atoms with van der Waals surface area (Å²) < 4.78 is 6.00. The Balaban J connectivity index is 2.01. The predicted molar refractivity (Wildman–Crippen MR) is 70.1 cm³/mol. The second-order valence-electron chi connectivity index (χ2n) is 5.07. The van der Waals surface area contributed by atoms with Crippen molar-refractivity contribution in [1.29, 1.82) is 0 Å². The van der Waals surface area contributed by atoms with Gasteiger partial charge in [-0.1, -0.05) is 43.2 Å². The lowest BCUT2D eigenvalue weighted by Gasteiger charge is -2.41. The molecule has 1 saturated carbocycles. The minimum absolute atomic E-state index is 0.0614. The number of rotatable bonds is 5. The molecule has 0 saturated heterocycles. The van der Waals surface area contributed by atoms with Crippen LogP contribution in [0.15, 0.2) is 30.3 Å². The number of aliphatic hydroxyl groups is 2. The maximum atomic E-state index is 10.2. The van der Waals surface area contributed by atoms with E-state index in [2.05, 4.69) is 0 Å². The summed E-state index contributed by atoms with van der Waals surface area (Å²) in [5.41, 5.74) is 0.552. The minimum Gasteiger partial charge on any atom is -0.396 e. The second kappa shape index (κ2) is 6.32. The van der Waals surface area contributed by atoms with Crippen LogP contribution < -0.4 is 0 Å². The molecule has 1 aliphatic rings. The number of benzene rings is 1. The van der Waals surface area contributed by atoms with Crippen molar-refractivity contribution in [3.05, 3.63) is 35.9 Å². The van der Waals surface area contributed by atoms with Gasteiger partial charge in [-0.3, -0.25) is 0 Å². The summed E-state index contributed by atoms with van der Waals surface area (Å²) >= 11 is 0. The van der Waals surface area contributed by atoms with Crippen molar-refractivity contribution in [2.75, 3.05) is 6.61 Å². The molecule has 0 radical (unpaired) electrons. The second-order valence-corrected chi connectivity index (χ2v) is 5.07. The van der Waals surface area contributed by atoms with Crippen molar-refractivity contribution in [3.63, 3.8) is 0 Å². The van der Waals surface area contributed by atoms with Crippen LogP contribution in [0.1, 0.15) is 37.7 Å². The summed E-state index contributed by atoms with van der Waals surface area (Å²) in [4.78, 5) is 0. The Morgan fingerprint density at radius 2 is 2.00 bits per heavy atom. The van der Waals surface area contributed by atoms with Gasteiger partial charge < -0.3 is 14.9 Å². The molecule has 0 aliphatic heterocycles. The van der Waals surface area contributed by atoms with Crippen molar-refractivity contribution < 1.29 is 14.9 Å². The highest BCUT2D eigenvalue weighted by atomic mass is 16.5. The topological polar surface area (TPSA) is 49.7 Å². The van der Waals surface area contributed by atoms with Gasteiger partial charge in [0.25, 0.3) is 0 Å². The Labute approximate surface area is 108 Å². The summed E-state index contributed by atoms with van der Waals surface area (Å²) in [5, 5.41) is 19.4. The molecule has 3 nitrogen and oxygen atoms in total. The lowest BCUT2D eigenvalue weighted by molar-refractivity contribution is -0.159. The summed E-state index contributed by atoms with van der Waals surface area (Å²) in [5.74, 6) is 0. The predicted octanol–water partition coefficient (Wildman–Crippen LogP) is 2.26. The van der Waals surface area contributed by atoms with E-state index in [1.54, 1.807) is 0 Å². The van der Waals surface area contributed by atoms with Crippen molar-refractivity contribution in [2.45, 2.75) is 50.4 Å². The van der Waals surface area contributed by atoms with Gasteiger partial charge >= 0.3 is 0 Å². The fraction of sp³-hybridized carbons (Fsp3) is 0.600. The fourth-order valence-corrected chi connectivity index (χ4v) is 2.71. The third kappa shape index (κ3) is 3.10. The van der Waals surface area contributed by atoms with Crippen LogP contribution in [-0.2, 0) is 11.3 Å². The van der Waals surface area contributed by atoms with E-state index in [-0.39, 0.29) is 6.61 Å². The van der Waals surface area contributed by atoms with Gasteiger partial charge in [0, 0.05) is 13.0 Å². The van der Waals surface area contributed by atoms with Gasteiger partial charge in [0.15, 0.2) is 0 Å². The molecule has 0 aromatic heterocycles. The Morgan fingerprint density at radius 3 is 2.67 bits per heavy atom. The van der Waals surface area contributed by atoms with Gasteiger partial charge in [-0.2, -0.15) is 0 Å². The van der Waals surface area contributed by atoms with Gasteiger partial charge in [0.05, 0.1) is 18.3 Å². The molecule has 0 bridgehead atoms. The number of aliphatic hydroxyl groups excluding tert-OH is 2. The summed E-state index contributed by atoms with van der Waals surface area (Å²) in [6.45, 7) is 0.559. The smallest absolute Gasteiger partial charge is 0.0966 e. The lowest BCUT2D eigenvalue weighted by Crippen LogP contribution is -2.47. The molecular weight excluding hydrogens is 228 g/mol. The summed E-state index contributed by atoms with van der Waals surface area (Å²) in [7, 11) is 0. The van der Waals surface area contributed by atoms with Crippen LogP contribution in [0.25, 0.3) is 0 Å². The van der Waals surface area contributed by atoms with Crippen LogP contribution in [0, 0.1) is 0 Å². The molecule has 3 heteroatoms. The van der Waals surface area contributed by atoms with Gasteiger partial charge in [0.1, 0.15) is 0 Å². The van der Waals surface area contributed by atoms with Crippen molar-refractivity contribution in [1.82, 2.24) is 0 Å². The standard InChI is InChI=1S/C15H22O3/c16-11-10-15(9-5-4-8-14(15)17)18-12-13-6-2-1-3-7-13/h1-3,6-7,14,16-17H,4-5,8-12H2/t14?,15-/m1/s1. The summed E-state index contributed by atoms with van der Waals surface area (Å²) in [6, 6.07) is 9.97. The monoisotopic (exact) mass is 250 g/mol. The molecular formula is C15H22O3. The first-order chi connectivity index (χ1) is 8.77. The SMILES string of the molecule is OCC[C@]1(OCc2ccccc2)CCCCC1O. The third-order valence-corrected chi connectivity index (χ3v) is 3.84. The zero-order valence-corrected chi connectivity index (χ0v) is 10.7. The van der Waals surface area contributed by atoms with Crippen molar-refractivity contribution in [3.8, 4) is 0 Å². The Hall–Kier alpha value is -0.900. The van der Waals surface area contributed by atoms with E-state index in [1.165, 1.54) is 0 Å². The zero-order valence-electron chi connectivity index (χ0n) is 10.7. The van der Waals surface area contributed by atoms with Gasteiger partial charge in [-0.25, -0.2) is 0 Å². The third-order valence-electron chi connectivity index (χ3n) is 3.84. The van der Waals surface area contributed by atoms with Gasteiger partial charge in [0.2, 0.25) is 0 Å². The maximum Gasteiger partial charge on any atom is 0.0966 e. The molecule has 0 heterocycles. The summed E-state index contributed by atoms with van der Waals surface area (Å²) in [6.07, 6.45) is 3.77. The first kappa shape index (κ1) is 13.5. The largest absolute Gasteiger partial charge is 0.396 e. The van der Waals surface area contributed by atoms with Crippen LogP contribution in [0.3, 0.4) is 0 Å². The maximum absolute atomic E-state index is 10.2. The fourth-order valence-electron chi connectivity index (χ4n) is 2.71. The normalized spacial score (nSPS) is 28.2. The van der Waals surface area contributed by atoms with Crippen molar-refractivity contribution >= 4 is 0 Å². The van der Waals surface area contributed by atoms with Crippen LogP contribution in [0.4, 0.5) is 0 Å². The average Bonchev–Trinajstić information content (AvgIpc) is 2.41. The molecule has 18 heavy (non-hydrogen) atoms. The van der Waals surface area contributed by atoms with E-state index in [4.69, 9.17) is 4.74 Å². The lowest BCUT2D eigenvalue weighted by atomic mass is 9.80. The van der Waals surface area contributed by atoms with Crippen LogP contribution in [0.5, 0.6) is 0 Å². The molecule has 2 rings (SSSR count). The van der Waals surface area contributed by atoms with E-state index in [1.807, 2.05) is 30.3 Å². The minimum atomic E-state index is -0.553. The first-order valence-corrected chi connectivity index (χ1v) is 6.74. The molecule has 0 amide bonds.